The molecule has 4 rings (SSSR count). The Balaban J connectivity index is 1.44. The van der Waals surface area contributed by atoms with Crippen LogP contribution in [0.5, 0.6) is 0 Å². The first-order chi connectivity index (χ1) is 16.3. The number of amides is 2. The second-order valence-electron chi connectivity index (χ2n) is 9.07. The van der Waals surface area contributed by atoms with Gasteiger partial charge in [0.25, 0.3) is 11.6 Å². The number of carbonyl (C=O) groups is 2. The van der Waals surface area contributed by atoms with E-state index in [2.05, 4.69) is 10.2 Å². The van der Waals surface area contributed by atoms with Gasteiger partial charge in [0.15, 0.2) is 0 Å². The van der Waals surface area contributed by atoms with E-state index in [0.29, 0.717) is 48.0 Å². The average molecular weight is 485 g/mol. The number of piperazine rings is 1. The van der Waals surface area contributed by atoms with Crippen LogP contribution in [0.2, 0.25) is 5.02 Å². The molecule has 1 aliphatic heterocycles. The summed E-state index contributed by atoms with van der Waals surface area (Å²) in [4.78, 5) is 41.0. The number of carbonyl (C=O) groups excluding carboxylic acids is 2. The molecule has 1 aliphatic carbocycles. The van der Waals surface area contributed by atoms with E-state index < -0.39 is 4.92 Å². The number of nitrogens with one attached hydrogen (secondary N) is 1. The van der Waals surface area contributed by atoms with Gasteiger partial charge in [-0.25, -0.2) is 0 Å². The predicted octanol–water partition coefficient (Wildman–Crippen LogP) is 4.51. The summed E-state index contributed by atoms with van der Waals surface area (Å²) in [6.45, 7) is 3.75. The van der Waals surface area contributed by atoms with Crippen LogP contribution in [0.15, 0.2) is 42.5 Å². The second-order valence-corrected chi connectivity index (χ2v) is 9.51. The topological polar surface area (TPSA) is 95.8 Å². The van der Waals surface area contributed by atoms with Crippen LogP contribution >= 0.6 is 11.6 Å². The van der Waals surface area contributed by atoms with Crippen LogP contribution in [0.4, 0.5) is 11.4 Å². The quantitative estimate of drug-likeness (QED) is 0.480. The molecule has 1 saturated carbocycles. The minimum absolute atomic E-state index is 0.0249. The molecule has 34 heavy (non-hydrogen) atoms. The highest BCUT2D eigenvalue weighted by molar-refractivity contribution is 6.30. The van der Waals surface area contributed by atoms with Crippen LogP contribution in [0.1, 0.15) is 41.6 Å². The van der Waals surface area contributed by atoms with Gasteiger partial charge in [-0.2, -0.15) is 0 Å². The maximum atomic E-state index is 13.3. The van der Waals surface area contributed by atoms with E-state index in [1.54, 1.807) is 48.2 Å². The van der Waals surface area contributed by atoms with E-state index in [9.17, 15) is 19.7 Å². The SMILES string of the molecule is Cc1ccc(C(=O)N2CCN([C@@H](C(=O)Nc3ccc(Cl)cc3)C3CCCC3)CC2)cc1[N+](=O)[O-]. The first-order valence-corrected chi connectivity index (χ1v) is 12.1. The molecule has 180 valence electrons. The molecule has 2 aromatic carbocycles. The summed E-state index contributed by atoms with van der Waals surface area (Å²) in [5, 5.41) is 14.9. The maximum absolute atomic E-state index is 13.3. The molecule has 0 bridgehead atoms. The van der Waals surface area contributed by atoms with Gasteiger partial charge in [0, 0.05) is 54.1 Å². The summed E-state index contributed by atoms with van der Waals surface area (Å²) in [7, 11) is 0. The van der Waals surface area contributed by atoms with Crippen molar-refractivity contribution in [3.05, 3.63) is 68.7 Å². The molecule has 1 heterocycles. The highest BCUT2D eigenvalue weighted by Crippen LogP contribution is 2.32. The van der Waals surface area contributed by atoms with Gasteiger partial charge < -0.3 is 10.2 Å². The summed E-state index contributed by atoms with van der Waals surface area (Å²) in [6.07, 6.45) is 4.29. The van der Waals surface area contributed by atoms with Gasteiger partial charge in [0.05, 0.1) is 11.0 Å². The number of benzene rings is 2. The molecule has 2 aliphatic rings. The summed E-state index contributed by atoms with van der Waals surface area (Å²) in [6, 6.07) is 11.4. The van der Waals surface area contributed by atoms with E-state index >= 15 is 0 Å². The smallest absolute Gasteiger partial charge is 0.273 e. The van der Waals surface area contributed by atoms with E-state index in [1.807, 2.05) is 0 Å². The third-order valence-corrected chi connectivity index (χ3v) is 7.13. The van der Waals surface area contributed by atoms with Crippen LogP contribution in [0.3, 0.4) is 0 Å². The summed E-state index contributed by atoms with van der Waals surface area (Å²) in [5.74, 6) is 0.0447. The fraction of sp³-hybridized carbons (Fsp3) is 0.440. The second kappa shape index (κ2) is 10.5. The Hall–Kier alpha value is -2.97. The van der Waals surface area contributed by atoms with Crippen molar-refractivity contribution in [2.24, 2.45) is 5.92 Å². The van der Waals surface area contributed by atoms with Crippen LogP contribution in [0.25, 0.3) is 0 Å². The number of aryl methyl sites for hydroxylation is 1. The Kier molecular flexibility index (Phi) is 7.48. The van der Waals surface area contributed by atoms with Crippen molar-refractivity contribution in [1.29, 1.82) is 0 Å². The Morgan fingerprint density at radius 2 is 1.71 bits per heavy atom. The molecule has 8 nitrogen and oxygen atoms in total. The normalized spacial score (nSPS) is 18.0. The zero-order chi connectivity index (χ0) is 24.2. The van der Waals surface area contributed by atoms with Gasteiger partial charge in [-0.1, -0.05) is 30.5 Å². The zero-order valence-corrected chi connectivity index (χ0v) is 20.0. The lowest BCUT2D eigenvalue weighted by Crippen LogP contribution is -2.56. The van der Waals surface area contributed by atoms with Gasteiger partial charge in [0.1, 0.15) is 0 Å². The number of nitro benzene ring substituents is 1. The van der Waals surface area contributed by atoms with E-state index in [-0.39, 0.29) is 29.5 Å². The first-order valence-electron chi connectivity index (χ1n) is 11.7. The number of nitrogens with zero attached hydrogens (tertiary/aromatic N) is 3. The van der Waals surface area contributed by atoms with Gasteiger partial charge >= 0.3 is 0 Å². The molecular weight excluding hydrogens is 456 g/mol. The summed E-state index contributed by atoms with van der Waals surface area (Å²) < 4.78 is 0. The fourth-order valence-electron chi connectivity index (χ4n) is 5.03. The molecule has 0 unspecified atom stereocenters. The average Bonchev–Trinajstić information content (AvgIpc) is 3.35. The van der Waals surface area contributed by atoms with Crippen LogP contribution in [-0.2, 0) is 4.79 Å². The highest BCUT2D eigenvalue weighted by Gasteiger charge is 2.37. The van der Waals surface area contributed by atoms with E-state index in [4.69, 9.17) is 11.6 Å². The van der Waals surface area contributed by atoms with Gasteiger partial charge in [0.2, 0.25) is 5.91 Å². The molecule has 1 saturated heterocycles. The molecule has 9 heteroatoms. The minimum Gasteiger partial charge on any atom is -0.336 e. The summed E-state index contributed by atoms with van der Waals surface area (Å²) in [5.41, 5.74) is 1.51. The molecule has 2 aromatic rings. The molecule has 2 fully saturated rings. The Morgan fingerprint density at radius 1 is 1.06 bits per heavy atom. The number of rotatable bonds is 6. The largest absolute Gasteiger partial charge is 0.336 e. The van der Waals surface area contributed by atoms with Crippen LogP contribution in [0, 0.1) is 23.0 Å². The lowest BCUT2D eigenvalue weighted by atomic mass is 9.94. The number of halogens is 1. The predicted molar refractivity (Wildman–Crippen MR) is 131 cm³/mol. The summed E-state index contributed by atoms with van der Waals surface area (Å²) >= 11 is 5.96. The molecule has 1 N–H and O–H groups in total. The number of hydrogen-bond acceptors (Lipinski definition) is 5. The van der Waals surface area contributed by atoms with Crippen molar-refractivity contribution in [2.45, 2.75) is 38.6 Å². The molecular formula is C25H29ClN4O4. The number of anilines is 1. The molecule has 0 radical (unpaired) electrons. The van der Waals surface area contributed by atoms with Crippen molar-refractivity contribution in [2.75, 3.05) is 31.5 Å². The van der Waals surface area contributed by atoms with Crippen LogP contribution in [-0.4, -0.2) is 58.8 Å². The van der Waals surface area contributed by atoms with Crippen molar-refractivity contribution in [1.82, 2.24) is 9.80 Å². The van der Waals surface area contributed by atoms with Crippen molar-refractivity contribution in [3.8, 4) is 0 Å². The monoisotopic (exact) mass is 484 g/mol. The Bertz CT molecular complexity index is 1060. The van der Waals surface area contributed by atoms with Gasteiger partial charge in [-0.15, -0.1) is 0 Å². The van der Waals surface area contributed by atoms with E-state index in [0.717, 1.165) is 25.7 Å². The lowest BCUT2D eigenvalue weighted by Gasteiger charge is -2.40. The minimum atomic E-state index is -0.463. The number of nitro groups is 1. The third-order valence-electron chi connectivity index (χ3n) is 6.87. The Morgan fingerprint density at radius 3 is 2.32 bits per heavy atom. The molecule has 1 atom stereocenters. The number of hydrogen-bond donors (Lipinski definition) is 1. The fourth-order valence-corrected chi connectivity index (χ4v) is 5.15. The third kappa shape index (κ3) is 5.39. The Labute approximate surface area is 204 Å². The molecule has 0 aromatic heterocycles. The van der Waals surface area contributed by atoms with Crippen molar-refractivity contribution >= 4 is 34.8 Å². The molecule has 2 amide bonds. The maximum Gasteiger partial charge on any atom is 0.273 e. The van der Waals surface area contributed by atoms with E-state index in [1.165, 1.54) is 6.07 Å². The van der Waals surface area contributed by atoms with Gasteiger partial charge in [-0.3, -0.25) is 24.6 Å². The molecule has 0 spiro atoms. The van der Waals surface area contributed by atoms with Gasteiger partial charge in [-0.05, 0) is 56.0 Å². The highest BCUT2D eigenvalue weighted by atomic mass is 35.5. The first kappa shape index (κ1) is 24.2. The zero-order valence-electron chi connectivity index (χ0n) is 19.2. The standard InChI is InChI=1S/C25H29ClN4O4/c1-17-6-7-19(16-22(17)30(33)34)25(32)29-14-12-28(13-15-29)23(18-4-2-3-5-18)24(31)27-21-10-8-20(26)9-11-21/h6-11,16,18,23H,2-5,12-15H2,1H3,(H,27,31)/t23-/m1/s1. The van der Waals surface area contributed by atoms with Crippen molar-refractivity contribution in [3.63, 3.8) is 0 Å². The van der Waals surface area contributed by atoms with Crippen LogP contribution < -0.4 is 5.32 Å². The van der Waals surface area contributed by atoms with Crippen molar-refractivity contribution < 1.29 is 14.5 Å². The lowest BCUT2D eigenvalue weighted by molar-refractivity contribution is -0.385.